The van der Waals surface area contributed by atoms with E-state index >= 15 is 0 Å². The monoisotopic (exact) mass is 218 g/mol. The van der Waals surface area contributed by atoms with E-state index in [4.69, 9.17) is 10.5 Å². The van der Waals surface area contributed by atoms with Crippen LogP contribution in [-0.4, -0.2) is 17.8 Å². The van der Waals surface area contributed by atoms with E-state index in [1.807, 2.05) is 6.92 Å². The summed E-state index contributed by atoms with van der Waals surface area (Å²) in [6.07, 6.45) is 2.10. The van der Waals surface area contributed by atoms with Gasteiger partial charge in [0.15, 0.2) is 0 Å². The molecular weight excluding hydrogens is 200 g/mol. The fraction of sp³-hybridized carbons (Fsp3) is 0.385. The number of hydrogen-bond donors (Lipinski definition) is 1. The van der Waals surface area contributed by atoms with Gasteiger partial charge in [-0.05, 0) is 24.6 Å². The molecule has 0 bridgehead atoms. The lowest BCUT2D eigenvalue weighted by atomic mass is 10.1. The molecule has 2 aromatic rings. The van der Waals surface area contributed by atoms with E-state index in [0.717, 1.165) is 19.8 Å². The second kappa shape index (κ2) is 5.14. The molecule has 0 atom stereocenters. The van der Waals surface area contributed by atoms with Gasteiger partial charge in [-0.15, -0.1) is 0 Å². The first-order chi connectivity index (χ1) is 7.86. The summed E-state index contributed by atoms with van der Waals surface area (Å²) in [5, 5.41) is 1.25. The van der Waals surface area contributed by atoms with Crippen LogP contribution in [0.25, 0.3) is 10.9 Å². The van der Waals surface area contributed by atoms with Gasteiger partial charge in [-0.3, -0.25) is 0 Å². The Morgan fingerprint density at radius 3 is 2.94 bits per heavy atom. The molecule has 2 N–H and O–H groups in total. The molecule has 0 unspecified atom stereocenters. The molecule has 0 fully saturated rings. The Bertz CT molecular complexity index is 462. The second-order valence-corrected chi connectivity index (χ2v) is 3.76. The minimum atomic E-state index is 0.590. The smallest absolute Gasteiger partial charge is 0.0645 e. The van der Waals surface area contributed by atoms with Gasteiger partial charge in [-0.25, -0.2) is 0 Å². The quantitative estimate of drug-likeness (QED) is 0.781. The molecule has 0 spiro atoms. The number of fused-ring (bicyclic) bond motifs is 1. The van der Waals surface area contributed by atoms with Crippen molar-refractivity contribution in [3.8, 4) is 0 Å². The Morgan fingerprint density at radius 2 is 2.19 bits per heavy atom. The summed E-state index contributed by atoms with van der Waals surface area (Å²) in [6.45, 7) is 5.03. The average molecular weight is 218 g/mol. The van der Waals surface area contributed by atoms with Gasteiger partial charge in [0.25, 0.3) is 0 Å². The molecule has 0 aliphatic heterocycles. The van der Waals surface area contributed by atoms with Gasteiger partial charge in [0.05, 0.1) is 6.61 Å². The molecule has 0 saturated carbocycles. The minimum Gasteiger partial charge on any atom is -0.380 e. The SMILES string of the molecule is CCOCCn1ccc2c(CN)cccc21. The first-order valence-corrected chi connectivity index (χ1v) is 5.71. The van der Waals surface area contributed by atoms with Crippen LogP contribution in [-0.2, 0) is 17.8 Å². The Hall–Kier alpha value is -1.32. The standard InChI is InChI=1S/C13H18N2O/c1-2-16-9-8-15-7-6-12-11(10-14)4-3-5-13(12)15/h3-7H,2,8-10,14H2,1H3. The van der Waals surface area contributed by atoms with E-state index in [9.17, 15) is 0 Å². The highest BCUT2D eigenvalue weighted by Crippen LogP contribution is 2.19. The van der Waals surface area contributed by atoms with E-state index in [1.165, 1.54) is 16.5 Å². The average Bonchev–Trinajstić information content (AvgIpc) is 2.73. The van der Waals surface area contributed by atoms with Crippen molar-refractivity contribution in [2.75, 3.05) is 13.2 Å². The van der Waals surface area contributed by atoms with Gasteiger partial charge >= 0.3 is 0 Å². The highest BCUT2D eigenvalue weighted by Gasteiger charge is 2.03. The zero-order chi connectivity index (χ0) is 11.4. The first kappa shape index (κ1) is 11.2. The number of nitrogens with two attached hydrogens (primary N) is 1. The van der Waals surface area contributed by atoms with Gasteiger partial charge < -0.3 is 15.0 Å². The minimum absolute atomic E-state index is 0.590. The molecule has 1 heterocycles. The largest absolute Gasteiger partial charge is 0.380 e. The van der Waals surface area contributed by atoms with E-state index in [0.29, 0.717) is 6.54 Å². The lowest BCUT2D eigenvalue weighted by molar-refractivity contribution is 0.140. The Labute approximate surface area is 95.8 Å². The highest BCUT2D eigenvalue weighted by molar-refractivity contribution is 5.83. The summed E-state index contributed by atoms with van der Waals surface area (Å²) in [5.41, 5.74) is 8.15. The van der Waals surface area contributed by atoms with Crippen LogP contribution < -0.4 is 5.73 Å². The van der Waals surface area contributed by atoms with Gasteiger partial charge in [0, 0.05) is 36.8 Å². The zero-order valence-corrected chi connectivity index (χ0v) is 9.65. The van der Waals surface area contributed by atoms with Crippen molar-refractivity contribution < 1.29 is 4.74 Å². The number of aromatic nitrogens is 1. The summed E-state index contributed by atoms with van der Waals surface area (Å²) < 4.78 is 7.58. The van der Waals surface area contributed by atoms with Crippen LogP contribution in [0.1, 0.15) is 12.5 Å². The molecule has 2 rings (SSSR count). The summed E-state index contributed by atoms with van der Waals surface area (Å²) in [4.78, 5) is 0. The van der Waals surface area contributed by atoms with Crippen molar-refractivity contribution >= 4 is 10.9 Å². The van der Waals surface area contributed by atoms with E-state index in [-0.39, 0.29) is 0 Å². The van der Waals surface area contributed by atoms with Crippen LogP contribution in [0.4, 0.5) is 0 Å². The summed E-state index contributed by atoms with van der Waals surface area (Å²) in [7, 11) is 0. The predicted molar refractivity (Wildman–Crippen MR) is 66.3 cm³/mol. The van der Waals surface area contributed by atoms with Gasteiger partial charge in [0.1, 0.15) is 0 Å². The molecule has 86 valence electrons. The number of ether oxygens (including phenoxy) is 1. The fourth-order valence-corrected chi connectivity index (χ4v) is 1.97. The molecule has 16 heavy (non-hydrogen) atoms. The summed E-state index contributed by atoms with van der Waals surface area (Å²) in [5.74, 6) is 0. The third-order valence-corrected chi connectivity index (χ3v) is 2.80. The molecule has 0 amide bonds. The number of rotatable bonds is 5. The number of benzene rings is 1. The van der Waals surface area contributed by atoms with E-state index in [2.05, 4.69) is 35.0 Å². The van der Waals surface area contributed by atoms with Crippen LogP contribution in [0.15, 0.2) is 30.5 Å². The third-order valence-electron chi connectivity index (χ3n) is 2.80. The van der Waals surface area contributed by atoms with Gasteiger partial charge in [-0.1, -0.05) is 12.1 Å². The molecule has 3 nitrogen and oxygen atoms in total. The third kappa shape index (κ3) is 2.10. The summed E-state index contributed by atoms with van der Waals surface area (Å²) >= 11 is 0. The maximum absolute atomic E-state index is 5.71. The predicted octanol–water partition coefficient (Wildman–Crippen LogP) is 2.14. The molecule has 0 radical (unpaired) electrons. The van der Waals surface area contributed by atoms with Crippen LogP contribution in [0.3, 0.4) is 0 Å². The van der Waals surface area contributed by atoms with E-state index < -0.39 is 0 Å². The normalized spacial score (nSPS) is 11.1. The van der Waals surface area contributed by atoms with Gasteiger partial charge in [-0.2, -0.15) is 0 Å². The molecule has 0 aliphatic rings. The van der Waals surface area contributed by atoms with Crippen LogP contribution >= 0.6 is 0 Å². The molecular formula is C13H18N2O. The highest BCUT2D eigenvalue weighted by atomic mass is 16.5. The molecule has 0 aliphatic carbocycles. The Balaban J connectivity index is 2.27. The van der Waals surface area contributed by atoms with Crippen molar-refractivity contribution in [1.82, 2.24) is 4.57 Å². The topological polar surface area (TPSA) is 40.2 Å². The van der Waals surface area contributed by atoms with Crippen molar-refractivity contribution in [2.24, 2.45) is 5.73 Å². The number of nitrogens with zero attached hydrogens (tertiary/aromatic N) is 1. The molecule has 3 heteroatoms. The second-order valence-electron chi connectivity index (χ2n) is 3.76. The van der Waals surface area contributed by atoms with Crippen LogP contribution in [0.5, 0.6) is 0 Å². The lowest BCUT2D eigenvalue weighted by Gasteiger charge is -2.06. The Morgan fingerprint density at radius 1 is 1.31 bits per heavy atom. The van der Waals surface area contributed by atoms with Crippen molar-refractivity contribution in [3.05, 3.63) is 36.0 Å². The number of hydrogen-bond acceptors (Lipinski definition) is 2. The van der Waals surface area contributed by atoms with E-state index in [1.54, 1.807) is 0 Å². The molecule has 1 aromatic carbocycles. The zero-order valence-electron chi connectivity index (χ0n) is 9.65. The molecule has 0 saturated heterocycles. The maximum Gasteiger partial charge on any atom is 0.0645 e. The summed E-state index contributed by atoms with van der Waals surface area (Å²) in [6, 6.07) is 8.39. The Kier molecular flexibility index (Phi) is 3.59. The van der Waals surface area contributed by atoms with Crippen molar-refractivity contribution in [1.29, 1.82) is 0 Å². The lowest BCUT2D eigenvalue weighted by Crippen LogP contribution is -2.04. The van der Waals surface area contributed by atoms with Crippen LogP contribution in [0.2, 0.25) is 0 Å². The van der Waals surface area contributed by atoms with Crippen molar-refractivity contribution in [2.45, 2.75) is 20.0 Å². The fourth-order valence-electron chi connectivity index (χ4n) is 1.97. The molecule has 1 aromatic heterocycles. The van der Waals surface area contributed by atoms with Crippen LogP contribution in [0, 0.1) is 0 Å². The van der Waals surface area contributed by atoms with Gasteiger partial charge in [0.2, 0.25) is 0 Å². The first-order valence-electron chi connectivity index (χ1n) is 5.71. The van der Waals surface area contributed by atoms with Crippen molar-refractivity contribution in [3.63, 3.8) is 0 Å². The maximum atomic E-state index is 5.71.